The maximum Gasteiger partial charge on any atom is 0.251 e. The van der Waals surface area contributed by atoms with Crippen LogP contribution in [0.2, 0.25) is 0 Å². The minimum Gasteiger partial charge on any atom is -0.330 e. The molecule has 2 atom stereocenters. The molecule has 0 heterocycles. The molecule has 0 aliphatic heterocycles. The second-order valence-electron chi connectivity index (χ2n) is 3.47. The first-order chi connectivity index (χ1) is 5.65. The Balaban J connectivity index is 2.27. The van der Waals surface area contributed by atoms with Crippen molar-refractivity contribution in [3.8, 4) is 0 Å². The quantitative estimate of drug-likeness (QED) is 0.693. The molecule has 12 heavy (non-hydrogen) atoms. The van der Waals surface area contributed by atoms with Gasteiger partial charge in [0.2, 0.25) is 0 Å². The van der Waals surface area contributed by atoms with E-state index in [2.05, 4.69) is 0 Å². The van der Waals surface area contributed by atoms with E-state index < -0.39 is 6.43 Å². The Morgan fingerprint density at radius 1 is 1.50 bits per heavy atom. The van der Waals surface area contributed by atoms with Crippen molar-refractivity contribution in [2.45, 2.75) is 25.3 Å². The number of hydrogen-bond acceptors (Lipinski definition) is 2. The third kappa shape index (κ3) is 2.14. The van der Waals surface area contributed by atoms with Crippen LogP contribution in [0.25, 0.3) is 0 Å². The lowest BCUT2D eigenvalue weighted by atomic mass is 9.79. The maximum atomic E-state index is 12.0. The van der Waals surface area contributed by atoms with Gasteiger partial charge in [0.25, 0.3) is 6.43 Å². The van der Waals surface area contributed by atoms with E-state index in [1.54, 1.807) is 11.9 Å². The predicted octanol–water partition coefficient (Wildman–Crippen LogP) is 0.921. The van der Waals surface area contributed by atoms with Gasteiger partial charge in [-0.3, -0.25) is 4.90 Å². The highest BCUT2D eigenvalue weighted by atomic mass is 19.3. The minimum atomic E-state index is -2.23. The highest BCUT2D eigenvalue weighted by molar-refractivity contribution is 4.88. The molecule has 4 heteroatoms. The van der Waals surface area contributed by atoms with Crippen molar-refractivity contribution in [1.29, 1.82) is 0 Å². The summed E-state index contributed by atoms with van der Waals surface area (Å²) in [5.41, 5.74) is 5.48. The zero-order chi connectivity index (χ0) is 9.14. The third-order valence-corrected chi connectivity index (χ3v) is 2.67. The summed E-state index contributed by atoms with van der Waals surface area (Å²) >= 11 is 0. The lowest BCUT2D eigenvalue weighted by molar-refractivity contribution is 0.0300. The molecular formula is C8H16F2N2. The summed E-state index contributed by atoms with van der Waals surface area (Å²) in [7, 11) is 1.75. The van der Waals surface area contributed by atoms with E-state index in [9.17, 15) is 8.78 Å². The number of rotatable bonds is 4. The van der Waals surface area contributed by atoms with Gasteiger partial charge >= 0.3 is 0 Å². The van der Waals surface area contributed by atoms with Gasteiger partial charge in [0.15, 0.2) is 0 Å². The van der Waals surface area contributed by atoms with Gasteiger partial charge in [0.1, 0.15) is 0 Å². The number of nitrogens with two attached hydrogens (primary N) is 1. The fraction of sp³-hybridized carbons (Fsp3) is 1.00. The molecule has 0 saturated heterocycles. The SMILES string of the molecule is CN(CC(F)F)C1CCC1CN. The van der Waals surface area contributed by atoms with Crippen LogP contribution in [0.5, 0.6) is 0 Å². The molecule has 0 amide bonds. The average molecular weight is 178 g/mol. The van der Waals surface area contributed by atoms with E-state index >= 15 is 0 Å². The van der Waals surface area contributed by atoms with Crippen molar-refractivity contribution in [2.75, 3.05) is 20.1 Å². The van der Waals surface area contributed by atoms with Crippen molar-refractivity contribution >= 4 is 0 Å². The fourth-order valence-corrected chi connectivity index (χ4v) is 1.76. The molecule has 0 bridgehead atoms. The van der Waals surface area contributed by atoms with Gasteiger partial charge in [-0.15, -0.1) is 0 Å². The number of alkyl halides is 2. The molecule has 2 nitrogen and oxygen atoms in total. The average Bonchev–Trinajstić information content (AvgIpc) is 1.83. The highest BCUT2D eigenvalue weighted by Crippen LogP contribution is 2.30. The number of nitrogens with zero attached hydrogens (tertiary/aromatic N) is 1. The van der Waals surface area contributed by atoms with Crippen LogP contribution in [-0.4, -0.2) is 37.5 Å². The summed E-state index contributed by atoms with van der Waals surface area (Å²) in [6, 6.07) is 0.295. The van der Waals surface area contributed by atoms with Gasteiger partial charge in [-0.2, -0.15) is 0 Å². The topological polar surface area (TPSA) is 29.3 Å². The van der Waals surface area contributed by atoms with Gasteiger partial charge in [-0.05, 0) is 32.4 Å². The van der Waals surface area contributed by atoms with Crippen LogP contribution in [-0.2, 0) is 0 Å². The van der Waals surface area contributed by atoms with Crippen molar-refractivity contribution in [3.63, 3.8) is 0 Å². The molecule has 1 aliphatic rings. The van der Waals surface area contributed by atoms with E-state index in [0.717, 1.165) is 12.8 Å². The molecule has 0 aromatic heterocycles. The standard InChI is InChI=1S/C8H16F2N2/c1-12(5-8(9)10)7-3-2-6(7)4-11/h6-8H,2-5,11H2,1H3. The lowest BCUT2D eigenvalue weighted by Gasteiger charge is -2.42. The summed E-state index contributed by atoms with van der Waals surface area (Å²) in [6.07, 6.45) is -0.117. The van der Waals surface area contributed by atoms with Crippen LogP contribution in [0, 0.1) is 5.92 Å². The Morgan fingerprint density at radius 2 is 2.17 bits per heavy atom. The highest BCUT2D eigenvalue weighted by Gasteiger charge is 2.33. The molecule has 1 rings (SSSR count). The van der Waals surface area contributed by atoms with E-state index in [4.69, 9.17) is 5.73 Å². The van der Waals surface area contributed by atoms with E-state index in [-0.39, 0.29) is 6.54 Å². The summed E-state index contributed by atoms with van der Waals surface area (Å²) in [5.74, 6) is 0.439. The minimum absolute atomic E-state index is 0.124. The largest absolute Gasteiger partial charge is 0.330 e. The Kier molecular flexibility index (Phi) is 3.40. The summed E-state index contributed by atoms with van der Waals surface area (Å²) in [5, 5.41) is 0. The summed E-state index contributed by atoms with van der Waals surface area (Å²) in [4.78, 5) is 1.73. The van der Waals surface area contributed by atoms with Crippen LogP contribution < -0.4 is 5.73 Å². The Labute approximate surface area is 71.7 Å². The van der Waals surface area contributed by atoms with E-state index in [0.29, 0.717) is 18.5 Å². The van der Waals surface area contributed by atoms with Crippen LogP contribution in [0.15, 0.2) is 0 Å². The van der Waals surface area contributed by atoms with Crippen molar-refractivity contribution in [1.82, 2.24) is 4.90 Å². The Bertz CT molecular complexity index is 139. The lowest BCUT2D eigenvalue weighted by Crippen LogP contribution is -2.49. The molecular weight excluding hydrogens is 162 g/mol. The van der Waals surface area contributed by atoms with Crippen molar-refractivity contribution in [3.05, 3.63) is 0 Å². The molecule has 1 saturated carbocycles. The normalized spacial score (nSPS) is 29.5. The molecule has 0 aromatic rings. The summed E-state index contributed by atoms with van der Waals surface area (Å²) < 4.78 is 23.9. The molecule has 2 N–H and O–H groups in total. The maximum absolute atomic E-state index is 12.0. The molecule has 1 fully saturated rings. The summed E-state index contributed by atoms with van der Waals surface area (Å²) in [6.45, 7) is 0.499. The van der Waals surface area contributed by atoms with Gasteiger partial charge in [-0.25, -0.2) is 8.78 Å². The molecule has 2 unspecified atom stereocenters. The van der Waals surface area contributed by atoms with E-state index in [1.807, 2.05) is 0 Å². The van der Waals surface area contributed by atoms with Gasteiger partial charge < -0.3 is 5.73 Å². The second kappa shape index (κ2) is 4.14. The fourth-order valence-electron chi connectivity index (χ4n) is 1.76. The van der Waals surface area contributed by atoms with Crippen LogP contribution in [0.3, 0.4) is 0 Å². The molecule has 1 aliphatic carbocycles. The van der Waals surface area contributed by atoms with Crippen LogP contribution in [0.1, 0.15) is 12.8 Å². The van der Waals surface area contributed by atoms with E-state index in [1.165, 1.54) is 0 Å². The van der Waals surface area contributed by atoms with Crippen molar-refractivity contribution < 1.29 is 8.78 Å². The first kappa shape index (κ1) is 9.86. The van der Waals surface area contributed by atoms with Gasteiger partial charge in [0.05, 0.1) is 6.54 Å². The molecule has 0 spiro atoms. The van der Waals surface area contributed by atoms with Gasteiger partial charge in [0, 0.05) is 6.04 Å². The monoisotopic (exact) mass is 178 g/mol. The number of halogens is 2. The molecule has 0 radical (unpaired) electrons. The van der Waals surface area contributed by atoms with Crippen LogP contribution in [0.4, 0.5) is 8.78 Å². The first-order valence-electron chi connectivity index (χ1n) is 4.33. The van der Waals surface area contributed by atoms with Crippen LogP contribution >= 0.6 is 0 Å². The third-order valence-electron chi connectivity index (χ3n) is 2.67. The zero-order valence-electron chi connectivity index (χ0n) is 7.34. The second-order valence-corrected chi connectivity index (χ2v) is 3.47. The first-order valence-corrected chi connectivity index (χ1v) is 4.33. The smallest absolute Gasteiger partial charge is 0.251 e. The Hall–Kier alpha value is -0.220. The van der Waals surface area contributed by atoms with Gasteiger partial charge in [-0.1, -0.05) is 0 Å². The molecule has 72 valence electrons. The number of hydrogen-bond donors (Lipinski definition) is 1. The predicted molar refractivity (Wildman–Crippen MR) is 44.2 cm³/mol. The Morgan fingerprint density at radius 3 is 2.50 bits per heavy atom. The zero-order valence-corrected chi connectivity index (χ0v) is 7.34. The molecule has 0 aromatic carbocycles. The van der Waals surface area contributed by atoms with Crippen molar-refractivity contribution in [2.24, 2.45) is 11.7 Å².